The largest absolute Gasteiger partial charge is 0.481 e. The lowest BCUT2D eigenvalue weighted by molar-refractivity contribution is -0.175. The van der Waals surface area contributed by atoms with Crippen molar-refractivity contribution >= 4 is 27.6 Å². The summed E-state index contributed by atoms with van der Waals surface area (Å²) in [6, 6.07) is 4.90. The van der Waals surface area contributed by atoms with Gasteiger partial charge in [0.2, 0.25) is 10.0 Å². The second-order valence-corrected chi connectivity index (χ2v) is 6.68. The number of carboxylic acid groups (broad SMARTS) is 1. The van der Waals surface area contributed by atoms with E-state index in [1.54, 1.807) is 0 Å². The summed E-state index contributed by atoms with van der Waals surface area (Å²) in [6.45, 7) is -0.929. The monoisotopic (exact) mass is 359 g/mol. The number of rotatable bonds is 7. The van der Waals surface area contributed by atoms with Crippen LogP contribution in [0, 0.1) is 5.92 Å². The lowest BCUT2D eigenvalue weighted by atomic mass is 10.0. The Kier molecular flexibility index (Phi) is 6.21. The molecule has 0 aliphatic carbocycles. The minimum atomic E-state index is -4.70. The van der Waals surface area contributed by atoms with Crippen LogP contribution in [-0.4, -0.2) is 32.2 Å². The highest BCUT2D eigenvalue weighted by atomic mass is 35.5. The van der Waals surface area contributed by atoms with Crippen LogP contribution < -0.4 is 4.72 Å². The fourth-order valence-corrected chi connectivity index (χ4v) is 2.79. The molecule has 1 rings (SSSR count). The van der Waals surface area contributed by atoms with E-state index in [9.17, 15) is 26.4 Å². The zero-order valence-electron chi connectivity index (χ0n) is 11.1. The number of carboxylic acids is 1. The van der Waals surface area contributed by atoms with Gasteiger partial charge in [0.1, 0.15) is 0 Å². The second-order valence-electron chi connectivity index (χ2n) is 4.48. The molecule has 0 bridgehead atoms. The van der Waals surface area contributed by atoms with E-state index in [1.807, 2.05) is 4.72 Å². The van der Waals surface area contributed by atoms with Gasteiger partial charge in [0, 0.05) is 18.0 Å². The molecule has 22 heavy (non-hydrogen) atoms. The molecule has 0 radical (unpaired) electrons. The number of carbonyl (C=O) groups is 1. The molecule has 1 unspecified atom stereocenters. The molecule has 124 valence electrons. The van der Waals surface area contributed by atoms with E-state index in [-0.39, 0.29) is 9.92 Å². The third-order valence-corrected chi connectivity index (χ3v) is 4.50. The number of aliphatic carboxylic acids is 1. The van der Waals surface area contributed by atoms with E-state index >= 15 is 0 Å². The molecule has 0 saturated heterocycles. The molecule has 2 N–H and O–H groups in total. The van der Waals surface area contributed by atoms with Gasteiger partial charge in [-0.25, -0.2) is 13.1 Å². The minimum Gasteiger partial charge on any atom is -0.481 e. The standard InChI is InChI=1S/C12H13ClF3NO4S/c13-9-2-4-10(5-3-9)22(20,21)17-7-8(12(14,15)16)1-6-11(18)19/h2-5,8,17H,1,6-7H2,(H,18,19). The van der Waals surface area contributed by atoms with Crippen LogP contribution in [0.1, 0.15) is 12.8 Å². The first-order valence-corrected chi connectivity index (χ1v) is 7.92. The molecule has 10 heteroatoms. The van der Waals surface area contributed by atoms with Gasteiger partial charge in [-0.1, -0.05) is 11.6 Å². The Labute approximate surface area is 130 Å². The number of alkyl halides is 3. The maximum atomic E-state index is 12.8. The first kappa shape index (κ1) is 18.7. The molecule has 1 atom stereocenters. The Balaban J connectivity index is 2.78. The first-order chi connectivity index (χ1) is 10.0. The van der Waals surface area contributed by atoms with Crippen molar-refractivity contribution in [1.82, 2.24) is 4.72 Å². The Morgan fingerprint density at radius 3 is 2.27 bits per heavy atom. The van der Waals surface area contributed by atoms with Gasteiger partial charge in [0.15, 0.2) is 0 Å². The summed E-state index contributed by atoms with van der Waals surface area (Å²) in [5.74, 6) is -3.46. The highest BCUT2D eigenvalue weighted by Gasteiger charge is 2.40. The molecule has 0 aliphatic heterocycles. The van der Waals surface area contributed by atoms with Gasteiger partial charge < -0.3 is 5.11 Å². The smallest absolute Gasteiger partial charge is 0.393 e. The Morgan fingerprint density at radius 2 is 1.82 bits per heavy atom. The molecular weight excluding hydrogens is 347 g/mol. The number of sulfonamides is 1. The normalized spacial score (nSPS) is 13.8. The van der Waals surface area contributed by atoms with E-state index in [0.29, 0.717) is 0 Å². The van der Waals surface area contributed by atoms with Crippen molar-refractivity contribution in [3.05, 3.63) is 29.3 Å². The number of hydrogen-bond donors (Lipinski definition) is 2. The summed E-state index contributed by atoms with van der Waals surface area (Å²) in [7, 11) is -4.13. The molecular formula is C12H13ClF3NO4S. The third-order valence-electron chi connectivity index (χ3n) is 2.81. The Bertz CT molecular complexity index is 616. The molecule has 0 aliphatic rings. The van der Waals surface area contributed by atoms with Gasteiger partial charge in [-0.05, 0) is 30.7 Å². The fraction of sp³-hybridized carbons (Fsp3) is 0.417. The number of hydrogen-bond acceptors (Lipinski definition) is 3. The maximum Gasteiger partial charge on any atom is 0.393 e. The second kappa shape index (κ2) is 7.30. The Hall–Kier alpha value is -1.32. The van der Waals surface area contributed by atoms with Crippen LogP contribution in [0.4, 0.5) is 13.2 Å². The van der Waals surface area contributed by atoms with E-state index in [1.165, 1.54) is 12.1 Å². The van der Waals surface area contributed by atoms with E-state index < -0.39 is 47.5 Å². The average Bonchev–Trinajstić information content (AvgIpc) is 2.37. The zero-order chi connectivity index (χ0) is 17.0. The quantitative estimate of drug-likeness (QED) is 0.784. The van der Waals surface area contributed by atoms with Gasteiger partial charge in [0.05, 0.1) is 10.8 Å². The van der Waals surface area contributed by atoms with Crippen LogP contribution in [0.2, 0.25) is 5.02 Å². The van der Waals surface area contributed by atoms with Crippen LogP contribution in [0.3, 0.4) is 0 Å². The highest BCUT2D eigenvalue weighted by Crippen LogP contribution is 2.29. The van der Waals surface area contributed by atoms with Crippen LogP contribution in [0.15, 0.2) is 29.2 Å². The summed E-state index contributed by atoms with van der Waals surface area (Å²) in [6.07, 6.45) is -6.10. The molecule has 1 aromatic carbocycles. The van der Waals surface area contributed by atoms with Crippen molar-refractivity contribution in [3.63, 3.8) is 0 Å². The zero-order valence-corrected chi connectivity index (χ0v) is 12.7. The molecule has 0 spiro atoms. The van der Waals surface area contributed by atoms with Crippen molar-refractivity contribution in [2.75, 3.05) is 6.54 Å². The summed E-state index contributed by atoms with van der Waals surface area (Å²) >= 11 is 5.60. The van der Waals surface area contributed by atoms with Crippen LogP contribution in [0.25, 0.3) is 0 Å². The Morgan fingerprint density at radius 1 is 1.27 bits per heavy atom. The molecule has 0 aromatic heterocycles. The molecule has 0 saturated carbocycles. The van der Waals surface area contributed by atoms with E-state index in [0.717, 1.165) is 12.1 Å². The number of halogens is 4. The lowest BCUT2D eigenvalue weighted by Gasteiger charge is -2.20. The fourth-order valence-electron chi connectivity index (χ4n) is 1.59. The van der Waals surface area contributed by atoms with Crippen LogP contribution >= 0.6 is 11.6 Å². The summed E-state index contributed by atoms with van der Waals surface area (Å²) in [5, 5.41) is 8.73. The van der Waals surface area contributed by atoms with Crippen molar-refractivity contribution in [3.8, 4) is 0 Å². The van der Waals surface area contributed by atoms with Gasteiger partial charge >= 0.3 is 12.1 Å². The average molecular weight is 360 g/mol. The molecule has 0 amide bonds. The summed E-state index contributed by atoms with van der Waals surface area (Å²) in [4.78, 5) is 10.1. The molecule has 0 heterocycles. The predicted molar refractivity (Wildman–Crippen MR) is 73.1 cm³/mol. The van der Waals surface area contributed by atoms with Gasteiger partial charge in [-0.15, -0.1) is 0 Å². The first-order valence-electron chi connectivity index (χ1n) is 6.06. The van der Waals surface area contributed by atoms with Gasteiger partial charge in [-0.3, -0.25) is 4.79 Å². The van der Waals surface area contributed by atoms with Gasteiger partial charge in [-0.2, -0.15) is 13.2 Å². The molecule has 0 fully saturated rings. The minimum absolute atomic E-state index is 0.226. The summed E-state index contributed by atoms with van der Waals surface area (Å²) in [5.41, 5.74) is 0. The van der Waals surface area contributed by atoms with Crippen molar-refractivity contribution in [2.45, 2.75) is 23.9 Å². The predicted octanol–water partition coefficient (Wildman–Crippen LogP) is 2.66. The van der Waals surface area contributed by atoms with Gasteiger partial charge in [0.25, 0.3) is 0 Å². The number of benzene rings is 1. The van der Waals surface area contributed by atoms with Crippen molar-refractivity contribution < 1.29 is 31.5 Å². The van der Waals surface area contributed by atoms with Crippen molar-refractivity contribution in [1.29, 1.82) is 0 Å². The van der Waals surface area contributed by atoms with Crippen LogP contribution in [-0.2, 0) is 14.8 Å². The lowest BCUT2D eigenvalue weighted by Crippen LogP contribution is -2.36. The highest BCUT2D eigenvalue weighted by molar-refractivity contribution is 7.89. The topological polar surface area (TPSA) is 83.5 Å². The molecule has 5 nitrogen and oxygen atoms in total. The SMILES string of the molecule is O=C(O)CCC(CNS(=O)(=O)c1ccc(Cl)cc1)C(F)(F)F. The summed E-state index contributed by atoms with van der Waals surface area (Å²) < 4.78 is 63.9. The van der Waals surface area contributed by atoms with E-state index in [2.05, 4.69) is 0 Å². The third kappa shape index (κ3) is 5.82. The molecule has 1 aromatic rings. The maximum absolute atomic E-state index is 12.8. The van der Waals surface area contributed by atoms with Crippen molar-refractivity contribution in [2.24, 2.45) is 5.92 Å². The number of nitrogens with one attached hydrogen (secondary N) is 1. The van der Waals surface area contributed by atoms with Crippen LogP contribution in [0.5, 0.6) is 0 Å². The van der Waals surface area contributed by atoms with E-state index in [4.69, 9.17) is 16.7 Å².